The minimum Gasteiger partial charge on any atom is -0.394 e. The maximum Gasteiger partial charge on any atom is 0.163 e. The Labute approximate surface area is 83.0 Å². The number of ether oxygens (including phenoxy) is 2. The smallest absolute Gasteiger partial charge is 0.163 e. The number of aliphatic hydroxyl groups excluding tert-OH is 2. The third kappa shape index (κ3) is 1.66. The molecule has 0 bridgehead atoms. The van der Waals surface area contributed by atoms with Crippen LogP contribution in [0.1, 0.15) is 13.8 Å². The molecule has 0 saturated carbocycles. The Morgan fingerprint density at radius 2 is 2.21 bits per heavy atom. The van der Waals surface area contributed by atoms with E-state index in [1.165, 1.54) is 0 Å². The van der Waals surface area contributed by atoms with Gasteiger partial charge >= 0.3 is 0 Å². The highest BCUT2D eigenvalue weighted by Crippen LogP contribution is 2.33. The van der Waals surface area contributed by atoms with Crippen molar-refractivity contribution in [1.29, 1.82) is 0 Å². The van der Waals surface area contributed by atoms with E-state index in [9.17, 15) is 5.11 Å². The zero-order valence-corrected chi connectivity index (χ0v) is 8.43. The fourth-order valence-corrected chi connectivity index (χ4v) is 2.16. The molecule has 4 atom stereocenters. The predicted octanol–water partition coefficient (Wildman–Crippen LogP) is -1.17. The first-order valence-electron chi connectivity index (χ1n) is 4.91. The molecule has 82 valence electrons. The summed E-state index contributed by atoms with van der Waals surface area (Å²) in [7, 11) is 0. The van der Waals surface area contributed by atoms with E-state index in [1.807, 2.05) is 13.8 Å². The molecule has 0 aromatic carbocycles. The number of hydrogen-bond acceptors (Lipinski definition) is 5. The number of nitrogens with one attached hydrogen (secondary N) is 1. The summed E-state index contributed by atoms with van der Waals surface area (Å²) in [6, 6.07) is -0.230. The SMILES string of the molecule is CC1(C)O[C@H]2[C@@H]([C@H](O)CO)NC[C@H]2O1. The highest BCUT2D eigenvalue weighted by molar-refractivity contribution is 5.00. The van der Waals surface area contributed by atoms with Gasteiger partial charge in [0.2, 0.25) is 0 Å². The average molecular weight is 203 g/mol. The lowest BCUT2D eigenvalue weighted by atomic mass is 10.1. The maximum atomic E-state index is 9.53. The third-order valence-corrected chi connectivity index (χ3v) is 2.73. The van der Waals surface area contributed by atoms with Crippen LogP contribution < -0.4 is 5.32 Å². The Balaban J connectivity index is 2.04. The van der Waals surface area contributed by atoms with E-state index < -0.39 is 11.9 Å². The zero-order valence-electron chi connectivity index (χ0n) is 8.43. The molecule has 2 heterocycles. The van der Waals surface area contributed by atoms with Crippen LogP contribution in [0.3, 0.4) is 0 Å². The monoisotopic (exact) mass is 203 g/mol. The fraction of sp³-hybridized carbons (Fsp3) is 1.00. The van der Waals surface area contributed by atoms with Gasteiger partial charge in [0.1, 0.15) is 12.2 Å². The minimum absolute atomic E-state index is 0.0174. The van der Waals surface area contributed by atoms with Gasteiger partial charge in [0.15, 0.2) is 5.79 Å². The van der Waals surface area contributed by atoms with Gasteiger partial charge in [-0.15, -0.1) is 0 Å². The average Bonchev–Trinajstić information content (AvgIpc) is 2.58. The first kappa shape index (κ1) is 10.3. The molecular weight excluding hydrogens is 186 g/mol. The van der Waals surface area contributed by atoms with Gasteiger partial charge in [-0.1, -0.05) is 0 Å². The van der Waals surface area contributed by atoms with Crippen molar-refractivity contribution in [2.45, 2.75) is 44.0 Å². The molecule has 2 aliphatic rings. The van der Waals surface area contributed by atoms with Crippen LogP contribution in [0.5, 0.6) is 0 Å². The number of hydrogen-bond donors (Lipinski definition) is 3. The Morgan fingerprint density at radius 1 is 1.50 bits per heavy atom. The second kappa shape index (κ2) is 3.43. The van der Waals surface area contributed by atoms with Gasteiger partial charge in [-0.05, 0) is 13.8 Å². The molecule has 3 N–H and O–H groups in total. The largest absolute Gasteiger partial charge is 0.394 e. The number of rotatable bonds is 2. The molecule has 5 nitrogen and oxygen atoms in total. The van der Waals surface area contributed by atoms with Crippen LogP contribution >= 0.6 is 0 Å². The third-order valence-electron chi connectivity index (χ3n) is 2.73. The van der Waals surface area contributed by atoms with Gasteiger partial charge in [0, 0.05) is 6.54 Å². The van der Waals surface area contributed by atoms with Crippen molar-refractivity contribution in [2.75, 3.05) is 13.2 Å². The van der Waals surface area contributed by atoms with E-state index in [2.05, 4.69) is 5.32 Å². The van der Waals surface area contributed by atoms with Gasteiger partial charge < -0.3 is 25.0 Å². The number of aliphatic hydroxyl groups is 2. The highest BCUT2D eigenvalue weighted by atomic mass is 16.8. The molecule has 5 heteroatoms. The van der Waals surface area contributed by atoms with Crippen LogP contribution in [0.2, 0.25) is 0 Å². The molecule has 0 radical (unpaired) electrons. The van der Waals surface area contributed by atoms with Crippen molar-refractivity contribution < 1.29 is 19.7 Å². The molecule has 0 unspecified atom stereocenters. The quantitative estimate of drug-likeness (QED) is 0.527. The Morgan fingerprint density at radius 3 is 2.86 bits per heavy atom. The first-order chi connectivity index (χ1) is 6.53. The molecule has 2 aliphatic heterocycles. The van der Waals surface area contributed by atoms with E-state index in [1.54, 1.807) is 0 Å². The molecule has 2 fully saturated rings. The Kier molecular flexibility index (Phi) is 2.53. The molecular formula is C9H17NO4. The lowest BCUT2D eigenvalue weighted by Gasteiger charge is -2.24. The van der Waals surface area contributed by atoms with Crippen molar-refractivity contribution in [3.05, 3.63) is 0 Å². The van der Waals surface area contributed by atoms with Gasteiger partial charge in [0.05, 0.1) is 18.8 Å². The van der Waals surface area contributed by atoms with Crippen LogP contribution in [-0.2, 0) is 9.47 Å². The van der Waals surface area contributed by atoms with E-state index >= 15 is 0 Å². The normalized spacial score (nSPS) is 42.4. The Bertz CT molecular complexity index is 221. The van der Waals surface area contributed by atoms with Crippen LogP contribution in [0, 0.1) is 0 Å². The maximum absolute atomic E-state index is 9.53. The summed E-state index contributed by atoms with van der Waals surface area (Å²) in [6.07, 6.45) is -0.967. The van der Waals surface area contributed by atoms with Crippen molar-refractivity contribution in [3.63, 3.8) is 0 Å². The van der Waals surface area contributed by atoms with Gasteiger partial charge in [-0.25, -0.2) is 0 Å². The van der Waals surface area contributed by atoms with Crippen molar-refractivity contribution in [1.82, 2.24) is 5.32 Å². The second-order valence-corrected chi connectivity index (χ2v) is 4.32. The first-order valence-corrected chi connectivity index (χ1v) is 4.91. The minimum atomic E-state index is -0.789. The summed E-state index contributed by atoms with van der Waals surface area (Å²) in [4.78, 5) is 0. The highest BCUT2D eigenvalue weighted by Gasteiger charge is 2.50. The van der Waals surface area contributed by atoms with Crippen LogP contribution in [0.15, 0.2) is 0 Å². The summed E-state index contributed by atoms with van der Waals surface area (Å²) in [5.74, 6) is -0.579. The van der Waals surface area contributed by atoms with Crippen molar-refractivity contribution >= 4 is 0 Å². The van der Waals surface area contributed by atoms with Crippen molar-refractivity contribution in [2.24, 2.45) is 0 Å². The van der Waals surface area contributed by atoms with Crippen LogP contribution in [-0.4, -0.2) is 53.5 Å². The molecule has 0 aromatic heterocycles. The summed E-state index contributed by atoms with van der Waals surface area (Å²) in [5.41, 5.74) is 0. The van der Waals surface area contributed by atoms with Gasteiger partial charge in [0.25, 0.3) is 0 Å². The molecule has 0 aliphatic carbocycles. The summed E-state index contributed by atoms with van der Waals surface area (Å²) in [5, 5.41) is 21.5. The fourth-order valence-electron chi connectivity index (χ4n) is 2.16. The van der Waals surface area contributed by atoms with E-state index in [0.29, 0.717) is 6.54 Å². The summed E-state index contributed by atoms with van der Waals surface area (Å²) < 4.78 is 11.3. The topological polar surface area (TPSA) is 71.0 Å². The molecule has 0 aromatic rings. The van der Waals surface area contributed by atoms with Gasteiger partial charge in [-0.3, -0.25) is 0 Å². The Hall–Kier alpha value is -0.200. The van der Waals surface area contributed by atoms with Gasteiger partial charge in [-0.2, -0.15) is 0 Å². The summed E-state index contributed by atoms with van der Waals surface area (Å²) >= 11 is 0. The molecule has 14 heavy (non-hydrogen) atoms. The molecule has 2 rings (SSSR count). The summed E-state index contributed by atoms with van der Waals surface area (Å²) in [6.45, 7) is 4.11. The standard InChI is InChI=1S/C9H17NO4/c1-9(2)13-6-3-10-7(5(12)4-11)8(6)14-9/h5-8,10-12H,3-4H2,1-2H3/t5-,6-,7-,8-/m1/s1. The number of fused-ring (bicyclic) bond motifs is 1. The van der Waals surface area contributed by atoms with E-state index in [0.717, 1.165) is 0 Å². The predicted molar refractivity (Wildman–Crippen MR) is 48.7 cm³/mol. The second-order valence-electron chi connectivity index (χ2n) is 4.32. The van der Waals surface area contributed by atoms with Crippen LogP contribution in [0.4, 0.5) is 0 Å². The van der Waals surface area contributed by atoms with E-state index in [4.69, 9.17) is 14.6 Å². The van der Waals surface area contributed by atoms with Crippen molar-refractivity contribution in [3.8, 4) is 0 Å². The van der Waals surface area contributed by atoms with Crippen LogP contribution in [0.25, 0.3) is 0 Å². The lowest BCUT2D eigenvalue weighted by Crippen LogP contribution is -2.45. The molecule has 0 amide bonds. The lowest BCUT2D eigenvalue weighted by molar-refractivity contribution is -0.157. The molecule has 0 spiro atoms. The molecule has 2 saturated heterocycles. The zero-order chi connectivity index (χ0) is 10.3. The van der Waals surface area contributed by atoms with E-state index in [-0.39, 0.29) is 24.9 Å².